The van der Waals surface area contributed by atoms with Gasteiger partial charge in [-0.15, -0.1) is 0 Å². The number of carbonyl (C=O) groups excluding carboxylic acids is 2. The molecule has 0 saturated carbocycles. The second-order valence-electron chi connectivity index (χ2n) is 11.9. The lowest BCUT2D eigenvalue weighted by molar-refractivity contribution is -0.132. The summed E-state index contributed by atoms with van der Waals surface area (Å²) in [6.45, 7) is 7.37. The molecule has 2 heterocycles. The fourth-order valence-corrected chi connectivity index (χ4v) is 5.87. The molecule has 1 aliphatic rings. The number of amides is 2. The molecule has 1 aliphatic heterocycles. The number of rotatable bonds is 10. The highest BCUT2D eigenvalue weighted by Gasteiger charge is 2.30. The molecule has 7 nitrogen and oxygen atoms in total. The van der Waals surface area contributed by atoms with E-state index in [1.54, 1.807) is 33.9 Å². The summed E-state index contributed by atoms with van der Waals surface area (Å²) in [7, 11) is 1.61. The molecular formula is C32H40BrF2N3O4. The maximum Gasteiger partial charge on any atom is 0.407 e. The molecule has 1 aromatic heterocycles. The Morgan fingerprint density at radius 1 is 1.12 bits per heavy atom. The van der Waals surface area contributed by atoms with Gasteiger partial charge in [-0.05, 0) is 82.3 Å². The van der Waals surface area contributed by atoms with Crippen LogP contribution in [0.3, 0.4) is 0 Å². The van der Waals surface area contributed by atoms with E-state index in [1.165, 1.54) is 0 Å². The number of likely N-dealkylation sites (tertiary alicyclic amines) is 1. The van der Waals surface area contributed by atoms with Crippen LogP contribution in [0.4, 0.5) is 13.6 Å². The number of halogens is 3. The predicted molar refractivity (Wildman–Crippen MR) is 163 cm³/mol. The van der Waals surface area contributed by atoms with E-state index < -0.39 is 29.4 Å². The number of hydrogen-bond acceptors (Lipinski definition) is 4. The molecule has 0 aliphatic carbocycles. The summed E-state index contributed by atoms with van der Waals surface area (Å²) in [5.41, 5.74) is 1.38. The van der Waals surface area contributed by atoms with Gasteiger partial charge < -0.3 is 24.3 Å². The minimum atomic E-state index is -0.670. The van der Waals surface area contributed by atoms with Crippen LogP contribution in [0.15, 0.2) is 46.9 Å². The Kier molecular flexibility index (Phi) is 10.6. The molecule has 3 aromatic rings. The number of aryl methyl sites for hydroxylation is 1. The lowest BCUT2D eigenvalue weighted by Crippen LogP contribution is -2.46. The number of hydrogen-bond donors (Lipinski definition) is 1. The van der Waals surface area contributed by atoms with Crippen LogP contribution < -0.4 is 5.32 Å². The van der Waals surface area contributed by atoms with Gasteiger partial charge in [-0.1, -0.05) is 28.1 Å². The third-order valence-corrected chi connectivity index (χ3v) is 7.98. The van der Waals surface area contributed by atoms with Crippen LogP contribution in [0.25, 0.3) is 10.9 Å². The van der Waals surface area contributed by atoms with Crippen molar-refractivity contribution < 1.29 is 27.8 Å². The second kappa shape index (κ2) is 14.0. The van der Waals surface area contributed by atoms with Crippen LogP contribution in [0.5, 0.6) is 0 Å². The van der Waals surface area contributed by atoms with Gasteiger partial charge in [0.1, 0.15) is 17.2 Å². The van der Waals surface area contributed by atoms with E-state index in [0.717, 1.165) is 40.7 Å². The smallest absolute Gasteiger partial charge is 0.407 e. The van der Waals surface area contributed by atoms with Gasteiger partial charge in [-0.3, -0.25) is 4.79 Å². The van der Waals surface area contributed by atoms with Gasteiger partial charge in [0.2, 0.25) is 5.91 Å². The molecule has 2 amide bonds. The molecule has 0 bridgehead atoms. The van der Waals surface area contributed by atoms with E-state index in [4.69, 9.17) is 9.47 Å². The number of methoxy groups -OCH3 is 1. The molecule has 2 aromatic carbocycles. The lowest BCUT2D eigenvalue weighted by atomic mass is 9.93. The number of piperidine rings is 1. The van der Waals surface area contributed by atoms with Crippen LogP contribution >= 0.6 is 15.9 Å². The molecular weight excluding hydrogens is 608 g/mol. The quantitative estimate of drug-likeness (QED) is 0.242. The first-order chi connectivity index (χ1) is 19.9. The lowest BCUT2D eigenvalue weighted by Gasteiger charge is -2.34. The number of ether oxygens (including phenoxy) is 2. The van der Waals surface area contributed by atoms with Crippen molar-refractivity contribution in [2.45, 2.75) is 77.0 Å². The molecule has 2 unspecified atom stereocenters. The minimum absolute atomic E-state index is 0.0832. The molecule has 1 saturated heterocycles. The SMILES string of the molecule is COCCCn1c(C2CCCN(C(=O)CC(Cc3ccc(Br)cc3)NC(=O)OC(C)(C)C)C2)cc2c(F)ccc(F)c21. The normalized spacial score (nSPS) is 16.5. The number of benzene rings is 2. The van der Waals surface area contributed by atoms with Gasteiger partial charge in [0, 0.05) is 67.3 Å². The van der Waals surface area contributed by atoms with Crippen molar-refractivity contribution in [3.8, 4) is 0 Å². The second-order valence-corrected chi connectivity index (χ2v) is 12.8. The van der Waals surface area contributed by atoms with Crippen LogP contribution in [0.1, 0.15) is 63.6 Å². The van der Waals surface area contributed by atoms with Crippen molar-refractivity contribution in [2.24, 2.45) is 0 Å². The summed E-state index contributed by atoms with van der Waals surface area (Å²) in [5, 5.41) is 3.15. The maximum atomic E-state index is 14.9. The van der Waals surface area contributed by atoms with Gasteiger partial charge in [0.15, 0.2) is 0 Å². The molecule has 2 atom stereocenters. The Labute approximate surface area is 254 Å². The number of nitrogens with one attached hydrogen (secondary N) is 1. The Morgan fingerprint density at radius 3 is 2.52 bits per heavy atom. The average Bonchev–Trinajstić information content (AvgIpc) is 3.32. The standard InChI is InChI=1S/C32H40BrF2N3O4/c1-32(2,3)42-31(40)36-24(17-21-8-10-23(33)11-9-21)18-29(39)37-14-5-7-22(20-37)28-19-25-26(34)12-13-27(35)30(25)38(28)15-6-16-41-4/h8-13,19,22,24H,5-7,14-18,20H2,1-4H3,(H,36,40). The topological polar surface area (TPSA) is 72.8 Å². The summed E-state index contributed by atoms with van der Waals surface area (Å²) >= 11 is 3.44. The number of alkyl carbamates (subject to hydrolysis) is 1. The summed E-state index contributed by atoms with van der Waals surface area (Å²) in [6, 6.07) is 11.3. The number of aromatic nitrogens is 1. The van der Waals surface area contributed by atoms with Crippen molar-refractivity contribution in [1.82, 2.24) is 14.8 Å². The average molecular weight is 649 g/mol. The van der Waals surface area contributed by atoms with E-state index in [1.807, 2.05) is 33.7 Å². The third kappa shape index (κ3) is 8.31. The molecule has 228 valence electrons. The number of fused-ring (bicyclic) bond motifs is 1. The van der Waals surface area contributed by atoms with Crippen molar-refractivity contribution in [3.63, 3.8) is 0 Å². The zero-order valence-electron chi connectivity index (χ0n) is 24.7. The van der Waals surface area contributed by atoms with Crippen molar-refractivity contribution in [3.05, 3.63) is 69.8 Å². The van der Waals surface area contributed by atoms with E-state index in [-0.39, 0.29) is 29.1 Å². The van der Waals surface area contributed by atoms with Crippen molar-refractivity contribution in [2.75, 3.05) is 26.8 Å². The van der Waals surface area contributed by atoms with Gasteiger partial charge in [0.25, 0.3) is 0 Å². The number of carbonyl (C=O) groups is 2. The van der Waals surface area contributed by atoms with Gasteiger partial charge in [-0.2, -0.15) is 0 Å². The molecule has 1 N–H and O–H groups in total. The van der Waals surface area contributed by atoms with Crippen LogP contribution in [-0.2, 0) is 27.2 Å². The summed E-state index contributed by atoms with van der Waals surface area (Å²) in [4.78, 5) is 28.1. The number of nitrogens with zero attached hydrogens (tertiary/aromatic N) is 2. The monoisotopic (exact) mass is 647 g/mol. The van der Waals surface area contributed by atoms with Crippen LogP contribution in [-0.4, -0.2) is 59.9 Å². The Morgan fingerprint density at radius 2 is 1.83 bits per heavy atom. The first-order valence-corrected chi connectivity index (χ1v) is 15.2. The highest BCUT2D eigenvalue weighted by molar-refractivity contribution is 9.10. The molecule has 10 heteroatoms. The molecule has 0 radical (unpaired) electrons. The summed E-state index contributed by atoms with van der Waals surface area (Å²) in [5.74, 6) is -1.11. The Hall–Kier alpha value is -2.98. The summed E-state index contributed by atoms with van der Waals surface area (Å²) < 4.78 is 43.2. The minimum Gasteiger partial charge on any atom is -0.444 e. The van der Waals surface area contributed by atoms with Crippen molar-refractivity contribution in [1.29, 1.82) is 0 Å². The van der Waals surface area contributed by atoms with E-state index in [9.17, 15) is 18.4 Å². The van der Waals surface area contributed by atoms with E-state index >= 15 is 0 Å². The summed E-state index contributed by atoms with van der Waals surface area (Å²) in [6.07, 6.45) is 2.19. The first kappa shape index (κ1) is 31.9. The van der Waals surface area contributed by atoms with Crippen LogP contribution in [0, 0.1) is 11.6 Å². The Bertz CT molecular complexity index is 1390. The van der Waals surface area contributed by atoms with Gasteiger partial charge in [0.05, 0.1) is 5.52 Å². The highest BCUT2D eigenvalue weighted by atomic mass is 79.9. The van der Waals surface area contributed by atoms with Crippen LogP contribution in [0.2, 0.25) is 0 Å². The fraction of sp³-hybridized carbons (Fsp3) is 0.500. The Balaban J connectivity index is 1.53. The van der Waals surface area contributed by atoms with Gasteiger partial charge >= 0.3 is 6.09 Å². The fourth-order valence-electron chi connectivity index (χ4n) is 5.61. The third-order valence-electron chi connectivity index (χ3n) is 7.45. The first-order valence-electron chi connectivity index (χ1n) is 14.4. The maximum absolute atomic E-state index is 14.9. The van der Waals surface area contributed by atoms with E-state index in [0.29, 0.717) is 39.1 Å². The highest BCUT2D eigenvalue weighted by Crippen LogP contribution is 2.34. The zero-order chi connectivity index (χ0) is 30.4. The molecule has 0 spiro atoms. The molecule has 4 rings (SSSR count). The van der Waals surface area contributed by atoms with E-state index in [2.05, 4.69) is 21.2 Å². The zero-order valence-corrected chi connectivity index (χ0v) is 26.3. The largest absolute Gasteiger partial charge is 0.444 e. The molecule has 42 heavy (non-hydrogen) atoms. The predicted octanol–water partition coefficient (Wildman–Crippen LogP) is 6.95. The molecule has 1 fully saturated rings. The van der Waals surface area contributed by atoms with Gasteiger partial charge in [-0.25, -0.2) is 13.6 Å². The van der Waals surface area contributed by atoms with Crippen molar-refractivity contribution >= 4 is 38.8 Å².